The van der Waals surface area contributed by atoms with Crippen LogP contribution < -0.4 is 4.74 Å². The molecule has 0 aliphatic carbocycles. The van der Waals surface area contributed by atoms with Crippen LogP contribution in [0.15, 0.2) is 52.9 Å². The van der Waals surface area contributed by atoms with Crippen molar-refractivity contribution >= 4 is 45.3 Å². The lowest BCUT2D eigenvalue weighted by Gasteiger charge is -2.04. The van der Waals surface area contributed by atoms with Gasteiger partial charge in [0.05, 0.1) is 28.6 Å². The van der Waals surface area contributed by atoms with Gasteiger partial charge in [0.2, 0.25) is 0 Å². The Balaban J connectivity index is 1.56. The summed E-state index contributed by atoms with van der Waals surface area (Å²) in [6.07, 6.45) is 0. The first-order chi connectivity index (χ1) is 11.7. The van der Waals surface area contributed by atoms with E-state index in [2.05, 4.69) is 9.72 Å². The highest BCUT2D eigenvalue weighted by molar-refractivity contribution is 8.01. The van der Waals surface area contributed by atoms with Gasteiger partial charge >= 0.3 is 11.9 Å². The number of para-hydroxylation sites is 1. The number of carbonyl (C=O) groups excluding carboxylic acids is 2. The number of nitrogens with zero attached hydrogens (tertiary/aromatic N) is 1. The van der Waals surface area contributed by atoms with Gasteiger partial charge in [-0.2, -0.15) is 0 Å². The number of ether oxygens (including phenoxy) is 2. The average Bonchev–Trinajstić information content (AvgIpc) is 3.03. The van der Waals surface area contributed by atoms with Gasteiger partial charge in [0, 0.05) is 0 Å². The van der Waals surface area contributed by atoms with E-state index in [1.807, 2.05) is 24.3 Å². The zero-order valence-corrected chi connectivity index (χ0v) is 14.4. The number of esters is 2. The third-order valence-electron chi connectivity index (χ3n) is 3.09. The minimum Gasteiger partial charge on any atom is -0.465 e. The Morgan fingerprint density at radius 1 is 1.12 bits per heavy atom. The molecule has 2 aromatic carbocycles. The second-order valence-corrected chi connectivity index (χ2v) is 6.98. The summed E-state index contributed by atoms with van der Waals surface area (Å²) in [6.45, 7) is 0. The van der Waals surface area contributed by atoms with Crippen LogP contribution in [-0.4, -0.2) is 29.8 Å². The summed E-state index contributed by atoms with van der Waals surface area (Å²) >= 11 is 2.89. The normalized spacial score (nSPS) is 10.5. The van der Waals surface area contributed by atoms with E-state index >= 15 is 0 Å². The van der Waals surface area contributed by atoms with E-state index in [9.17, 15) is 9.59 Å². The zero-order chi connectivity index (χ0) is 16.9. The number of thioether (sulfide) groups is 1. The summed E-state index contributed by atoms with van der Waals surface area (Å²) < 4.78 is 11.8. The minimum atomic E-state index is -0.431. The van der Waals surface area contributed by atoms with E-state index in [0.717, 1.165) is 14.6 Å². The van der Waals surface area contributed by atoms with Crippen molar-refractivity contribution in [1.82, 2.24) is 4.98 Å². The lowest BCUT2D eigenvalue weighted by Crippen LogP contribution is -2.10. The topological polar surface area (TPSA) is 65.5 Å². The molecule has 24 heavy (non-hydrogen) atoms. The van der Waals surface area contributed by atoms with Gasteiger partial charge in [-0.25, -0.2) is 9.78 Å². The Hall–Kier alpha value is -2.38. The summed E-state index contributed by atoms with van der Waals surface area (Å²) in [4.78, 5) is 27.7. The number of methoxy groups -OCH3 is 1. The lowest BCUT2D eigenvalue weighted by atomic mass is 10.2. The molecule has 1 heterocycles. The highest BCUT2D eigenvalue weighted by Crippen LogP contribution is 2.29. The Bertz CT molecular complexity index is 841. The summed E-state index contributed by atoms with van der Waals surface area (Å²) in [5.41, 5.74) is 1.33. The van der Waals surface area contributed by atoms with E-state index in [-0.39, 0.29) is 11.7 Å². The van der Waals surface area contributed by atoms with Crippen molar-refractivity contribution in [2.24, 2.45) is 0 Å². The van der Waals surface area contributed by atoms with Crippen molar-refractivity contribution in [3.8, 4) is 5.75 Å². The van der Waals surface area contributed by atoms with Crippen LogP contribution in [0.5, 0.6) is 5.75 Å². The molecule has 0 aliphatic heterocycles. The van der Waals surface area contributed by atoms with Gasteiger partial charge < -0.3 is 9.47 Å². The second-order valence-electron chi connectivity index (χ2n) is 4.73. The second kappa shape index (κ2) is 7.46. The van der Waals surface area contributed by atoms with Crippen molar-refractivity contribution in [2.45, 2.75) is 4.34 Å². The Kier molecular flexibility index (Phi) is 5.12. The van der Waals surface area contributed by atoms with Gasteiger partial charge in [-0.15, -0.1) is 11.3 Å². The molecule has 122 valence electrons. The number of benzene rings is 2. The number of hydrogen-bond donors (Lipinski definition) is 0. The molecule has 0 saturated carbocycles. The van der Waals surface area contributed by atoms with Gasteiger partial charge in [-0.05, 0) is 36.4 Å². The summed E-state index contributed by atoms with van der Waals surface area (Å²) in [5, 5.41) is 0. The van der Waals surface area contributed by atoms with Crippen molar-refractivity contribution in [1.29, 1.82) is 0 Å². The predicted octanol–water partition coefficient (Wildman–Crippen LogP) is 3.78. The molecule has 0 radical (unpaired) electrons. The molecular weight excluding hydrogens is 346 g/mol. The smallest absolute Gasteiger partial charge is 0.337 e. The maximum atomic E-state index is 11.9. The number of aromatic nitrogens is 1. The number of hydrogen-bond acceptors (Lipinski definition) is 7. The fourth-order valence-electron chi connectivity index (χ4n) is 1.97. The Morgan fingerprint density at radius 3 is 2.58 bits per heavy atom. The van der Waals surface area contributed by atoms with Crippen LogP contribution in [-0.2, 0) is 9.53 Å². The lowest BCUT2D eigenvalue weighted by molar-refractivity contribution is -0.131. The SMILES string of the molecule is COC(=O)c1ccc(OC(=O)CSc2nc3ccccc3s2)cc1. The quantitative estimate of drug-likeness (QED) is 0.392. The standard InChI is InChI=1S/C17H13NO4S2/c1-21-16(20)11-6-8-12(9-7-11)22-15(19)10-23-17-18-13-4-2-3-5-14(13)24-17/h2-9H,10H2,1H3. The molecule has 0 atom stereocenters. The highest BCUT2D eigenvalue weighted by Gasteiger charge is 2.10. The number of rotatable bonds is 5. The van der Waals surface area contributed by atoms with Crippen LogP contribution in [0.1, 0.15) is 10.4 Å². The Labute approximate surface area is 146 Å². The van der Waals surface area contributed by atoms with Crippen LogP contribution in [0.2, 0.25) is 0 Å². The Morgan fingerprint density at radius 2 is 1.88 bits per heavy atom. The maximum Gasteiger partial charge on any atom is 0.337 e. The molecule has 0 aliphatic rings. The number of fused-ring (bicyclic) bond motifs is 1. The number of thiazole rings is 1. The first-order valence-electron chi connectivity index (χ1n) is 7.03. The van der Waals surface area contributed by atoms with Gasteiger partial charge in [0.25, 0.3) is 0 Å². The monoisotopic (exact) mass is 359 g/mol. The van der Waals surface area contributed by atoms with Gasteiger partial charge in [0.15, 0.2) is 4.34 Å². The van der Waals surface area contributed by atoms with Crippen LogP contribution >= 0.6 is 23.1 Å². The van der Waals surface area contributed by atoms with E-state index in [0.29, 0.717) is 11.3 Å². The molecule has 0 spiro atoms. The molecule has 0 bridgehead atoms. The fraction of sp³-hybridized carbons (Fsp3) is 0.118. The first-order valence-corrected chi connectivity index (χ1v) is 8.83. The van der Waals surface area contributed by atoms with Crippen molar-refractivity contribution in [3.05, 3.63) is 54.1 Å². The van der Waals surface area contributed by atoms with Crippen molar-refractivity contribution in [3.63, 3.8) is 0 Å². The number of carbonyl (C=O) groups is 2. The third-order valence-corrected chi connectivity index (χ3v) is 5.25. The first kappa shape index (κ1) is 16.5. The molecule has 0 N–H and O–H groups in total. The maximum absolute atomic E-state index is 11.9. The van der Waals surface area contributed by atoms with E-state index < -0.39 is 5.97 Å². The van der Waals surface area contributed by atoms with Crippen LogP contribution in [0.25, 0.3) is 10.2 Å². The van der Waals surface area contributed by atoms with Gasteiger partial charge in [-0.3, -0.25) is 4.79 Å². The molecular formula is C17H13NO4S2. The predicted molar refractivity (Wildman–Crippen MR) is 93.8 cm³/mol. The third kappa shape index (κ3) is 3.93. The van der Waals surface area contributed by atoms with E-state index in [1.165, 1.54) is 18.9 Å². The molecule has 0 saturated heterocycles. The van der Waals surface area contributed by atoms with Crippen molar-refractivity contribution in [2.75, 3.05) is 12.9 Å². The summed E-state index contributed by atoms with van der Waals surface area (Å²) in [6, 6.07) is 14.1. The van der Waals surface area contributed by atoms with Crippen LogP contribution in [0, 0.1) is 0 Å². The van der Waals surface area contributed by atoms with Crippen LogP contribution in [0.3, 0.4) is 0 Å². The molecule has 0 fully saturated rings. The van der Waals surface area contributed by atoms with Crippen molar-refractivity contribution < 1.29 is 19.1 Å². The van der Waals surface area contributed by atoms with Crippen LogP contribution in [0.4, 0.5) is 0 Å². The molecule has 5 nitrogen and oxygen atoms in total. The minimum absolute atomic E-state index is 0.165. The fourth-order valence-corrected chi connectivity index (χ4v) is 3.81. The van der Waals surface area contributed by atoms with E-state index in [4.69, 9.17) is 4.74 Å². The molecule has 1 aromatic heterocycles. The van der Waals surface area contributed by atoms with E-state index in [1.54, 1.807) is 35.6 Å². The molecule has 0 amide bonds. The summed E-state index contributed by atoms with van der Waals surface area (Å²) in [5.74, 6) is -0.250. The molecule has 0 unspecified atom stereocenters. The molecule has 7 heteroatoms. The zero-order valence-electron chi connectivity index (χ0n) is 12.7. The highest BCUT2D eigenvalue weighted by atomic mass is 32.2. The van der Waals surface area contributed by atoms with Gasteiger partial charge in [0.1, 0.15) is 5.75 Å². The summed E-state index contributed by atoms with van der Waals surface area (Å²) in [7, 11) is 1.32. The van der Waals surface area contributed by atoms with Gasteiger partial charge in [-0.1, -0.05) is 23.9 Å². The average molecular weight is 359 g/mol. The molecule has 3 aromatic rings. The largest absolute Gasteiger partial charge is 0.465 e. The molecule has 3 rings (SSSR count).